The summed E-state index contributed by atoms with van der Waals surface area (Å²) >= 11 is 0. The van der Waals surface area contributed by atoms with E-state index in [1.165, 1.54) is 87.1 Å². The van der Waals surface area contributed by atoms with Crippen LogP contribution in [0.1, 0.15) is 102 Å². The molecule has 3 rings (SSSR count). The molecule has 3 aromatic rings. The maximum Gasteiger partial charge on any atom is 0.237 e. The molecule has 4 nitrogen and oxygen atoms in total. The predicted molar refractivity (Wildman–Crippen MR) is 170 cm³/mol. The number of unbranched alkanes of at least 4 members (excludes halogenated alkanes) is 11. The molecule has 0 fully saturated rings. The van der Waals surface area contributed by atoms with Crippen LogP contribution < -0.4 is 15.4 Å². The number of fused-ring (bicyclic) bond motifs is 1. The van der Waals surface area contributed by atoms with Crippen molar-refractivity contribution in [3.63, 3.8) is 0 Å². The van der Waals surface area contributed by atoms with Crippen molar-refractivity contribution in [1.29, 1.82) is 0 Å². The molecule has 0 aliphatic carbocycles. The zero-order valence-electron chi connectivity index (χ0n) is 25.1. The van der Waals surface area contributed by atoms with Crippen molar-refractivity contribution in [3.05, 3.63) is 77.9 Å². The highest BCUT2D eigenvalue weighted by atomic mass is 16.5. The van der Waals surface area contributed by atoms with Gasteiger partial charge in [0.25, 0.3) is 0 Å². The molecule has 218 valence electrons. The van der Waals surface area contributed by atoms with Crippen molar-refractivity contribution >= 4 is 16.7 Å². The number of hydrogen-bond donors (Lipinski definition) is 2. The molecule has 1 atom stereocenters. The molecule has 0 aliphatic rings. The maximum atomic E-state index is 13.2. The molecule has 0 heterocycles. The molecule has 0 spiro atoms. The fourth-order valence-corrected chi connectivity index (χ4v) is 5.36. The minimum atomic E-state index is -0.163. The lowest BCUT2D eigenvalue weighted by Gasteiger charge is -2.19. The van der Waals surface area contributed by atoms with Crippen LogP contribution >= 0.6 is 0 Å². The number of ether oxygens (including phenoxy) is 1. The lowest BCUT2D eigenvalue weighted by Crippen LogP contribution is -2.44. The summed E-state index contributed by atoms with van der Waals surface area (Å²) in [5, 5.41) is 9.10. The summed E-state index contributed by atoms with van der Waals surface area (Å²) in [6, 6.07) is 22.8. The van der Waals surface area contributed by atoms with Gasteiger partial charge in [-0.2, -0.15) is 0 Å². The first-order chi connectivity index (χ1) is 19.7. The summed E-state index contributed by atoms with van der Waals surface area (Å²) in [7, 11) is 1.69. The van der Waals surface area contributed by atoms with Gasteiger partial charge in [0, 0.05) is 13.1 Å². The fourth-order valence-electron chi connectivity index (χ4n) is 5.36. The Bertz CT molecular complexity index is 1100. The molecule has 0 bridgehead atoms. The Labute approximate surface area is 243 Å². The summed E-state index contributed by atoms with van der Waals surface area (Å²) in [6.07, 6.45) is 17.6. The first-order valence-electron chi connectivity index (χ1n) is 15.8. The number of rotatable bonds is 21. The third kappa shape index (κ3) is 12.1. The van der Waals surface area contributed by atoms with Crippen LogP contribution in [0.15, 0.2) is 66.7 Å². The van der Waals surface area contributed by atoms with Gasteiger partial charge in [0.1, 0.15) is 5.75 Å². The Kier molecular flexibility index (Phi) is 15.3. The van der Waals surface area contributed by atoms with Gasteiger partial charge in [0.05, 0.1) is 13.2 Å². The molecule has 1 unspecified atom stereocenters. The predicted octanol–water partition coefficient (Wildman–Crippen LogP) is 8.76. The molecule has 2 N–H and O–H groups in total. The first kappa shape index (κ1) is 31.7. The Morgan fingerprint density at radius 3 is 2.05 bits per heavy atom. The Morgan fingerprint density at radius 2 is 1.38 bits per heavy atom. The SMILES string of the molecule is CCCCCCCCCCCCCCC(NCc1ccccc1)C(=O)NCCc1ccc2ccc(OC)cc2c1. The fraction of sp³-hybridized carbons (Fsp3) is 0.528. The highest BCUT2D eigenvalue weighted by Crippen LogP contribution is 2.22. The lowest BCUT2D eigenvalue weighted by molar-refractivity contribution is -0.123. The first-order valence-corrected chi connectivity index (χ1v) is 15.8. The average molecular weight is 545 g/mol. The van der Waals surface area contributed by atoms with Crippen molar-refractivity contribution in [2.24, 2.45) is 0 Å². The highest BCUT2D eigenvalue weighted by Gasteiger charge is 2.17. The molecule has 4 heteroatoms. The van der Waals surface area contributed by atoms with Crippen LogP contribution in [-0.2, 0) is 17.8 Å². The van der Waals surface area contributed by atoms with Crippen LogP contribution in [0.4, 0.5) is 0 Å². The van der Waals surface area contributed by atoms with E-state index in [9.17, 15) is 4.79 Å². The van der Waals surface area contributed by atoms with E-state index in [1.54, 1.807) is 7.11 Å². The standard InChI is InChI=1S/C36H52N2O2/c1-3-4-5-6-7-8-9-10-11-12-13-17-20-35(38-29-31-18-15-14-16-19-31)36(39)37-26-25-30-21-22-32-23-24-34(40-2)28-33(32)27-30/h14-16,18-19,21-24,27-28,35,38H,3-13,17,20,25-26,29H2,1-2H3,(H,37,39). The third-order valence-corrected chi connectivity index (χ3v) is 7.88. The Balaban J connectivity index is 1.39. The van der Waals surface area contributed by atoms with Gasteiger partial charge in [0.2, 0.25) is 5.91 Å². The molecule has 0 aromatic heterocycles. The van der Waals surface area contributed by atoms with Gasteiger partial charge < -0.3 is 15.4 Å². The van der Waals surface area contributed by atoms with Crippen LogP contribution in [0.5, 0.6) is 5.75 Å². The molecule has 0 saturated carbocycles. The molecule has 1 amide bonds. The van der Waals surface area contributed by atoms with Gasteiger partial charge in [-0.05, 0) is 46.9 Å². The monoisotopic (exact) mass is 544 g/mol. The smallest absolute Gasteiger partial charge is 0.237 e. The van der Waals surface area contributed by atoms with E-state index in [0.717, 1.165) is 30.4 Å². The van der Waals surface area contributed by atoms with Crippen molar-refractivity contribution in [3.8, 4) is 5.75 Å². The van der Waals surface area contributed by atoms with E-state index >= 15 is 0 Å². The Hall–Kier alpha value is -2.85. The van der Waals surface area contributed by atoms with Crippen LogP contribution in [0.2, 0.25) is 0 Å². The maximum absolute atomic E-state index is 13.2. The van der Waals surface area contributed by atoms with Gasteiger partial charge in [-0.25, -0.2) is 0 Å². The van der Waals surface area contributed by atoms with Gasteiger partial charge in [-0.1, -0.05) is 139 Å². The van der Waals surface area contributed by atoms with Gasteiger partial charge in [-0.15, -0.1) is 0 Å². The van der Waals surface area contributed by atoms with Crippen LogP contribution in [0.25, 0.3) is 10.8 Å². The molecular weight excluding hydrogens is 492 g/mol. The third-order valence-electron chi connectivity index (χ3n) is 7.88. The number of nitrogens with one attached hydrogen (secondary N) is 2. The van der Waals surface area contributed by atoms with E-state index in [2.05, 4.69) is 72.2 Å². The number of amides is 1. The van der Waals surface area contributed by atoms with E-state index < -0.39 is 0 Å². The van der Waals surface area contributed by atoms with Crippen molar-refractivity contribution < 1.29 is 9.53 Å². The van der Waals surface area contributed by atoms with Crippen LogP contribution in [-0.4, -0.2) is 25.6 Å². The van der Waals surface area contributed by atoms with E-state index in [1.807, 2.05) is 12.1 Å². The van der Waals surface area contributed by atoms with Crippen LogP contribution in [0, 0.1) is 0 Å². The molecular formula is C36H52N2O2. The summed E-state index contributed by atoms with van der Waals surface area (Å²) in [6.45, 7) is 3.62. The van der Waals surface area contributed by atoms with E-state index in [-0.39, 0.29) is 11.9 Å². The van der Waals surface area contributed by atoms with Crippen LogP contribution in [0.3, 0.4) is 0 Å². The van der Waals surface area contributed by atoms with Gasteiger partial charge in [0.15, 0.2) is 0 Å². The number of carbonyl (C=O) groups is 1. The molecule has 0 saturated heterocycles. The van der Waals surface area contributed by atoms with Gasteiger partial charge in [-0.3, -0.25) is 4.79 Å². The molecule has 3 aromatic carbocycles. The Morgan fingerprint density at radius 1 is 0.725 bits per heavy atom. The average Bonchev–Trinajstić information content (AvgIpc) is 2.99. The zero-order valence-corrected chi connectivity index (χ0v) is 25.1. The topological polar surface area (TPSA) is 50.4 Å². The molecule has 40 heavy (non-hydrogen) atoms. The normalized spacial score (nSPS) is 11.9. The summed E-state index contributed by atoms with van der Waals surface area (Å²) < 4.78 is 5.38. The summed E-state index contributed by atoms with van der Waals surface area (Å²) in [5.74, 6) is 0.976. The largest absolute Gasteiger partial charge is 0.497 e. The van der Waals surface area contributed by atoms with Crippen molar-refractivity contribution in [1.82, 2.24) is 10.6 Å². The lowest BCUT2D eigenvalue weighted by atomic mass is 10.0. The van der Waals surface area contributed by atoms with Crippen molar-refractivity contribution in [2.75, 3.05) is 13.7 Å². The second-order valence-electron chi connectivity index (χ2n) is 11.2. The summed E-state index contributed by atoms with van der Waals surface area (Å²) in [4.78, 5) is 13.2. The highest BCUT2D eigenvalue weighted by molar-refractivity contribution is 5.84. The number of methoxy groups -OCH3 is 1. The van der Waals surface area contributed by atoms with Gasteiger partial charge >= 0.3 is 0 Å². The summed E-state index contributed by atoms with van der Waals surface area (Å²) in [5.41, 5.74) is 2.43. The second kappa shape index (κ2) is 19.3. The quantitative estimate of drug-likeness (QED) is 0.132. The van der Waals surface area contributed by atoms with E-state index in [0.29, 0.717) is 13.1 Å². The van der Waals surface area contributed by atoms with Crippen molar-refractivity contribution in [2.45, 2.75) is 109 Å². The minimum absolute atomic E-state index is 0.112. The number of hydrogen-bond acceptors (Lipinski definition) is 3. The second-order valence-corrected chi connectivity index (χ2v) is 11.2. The molecule has 0 radical (unpaired) electrons. The number of benzene rings is 3. The minimum Gasteiger partial charge on any atom is -0.497 e. The molecule has 0 aliphatic heterocycles. The van der Waals surface area contributed by atoms with E-state index in [4.69, 9.17) is 4.74 Å². The number of carbonyl (C=O) groups excluding carboxylic acids is 1. The zero-order chi connectivity index (χ0) is 28.3.